The molecule has 2 aliphatic rings. The number of likely N-dealkylation sites (tertiary alicyclic amines) is 1. The Bertz CT molecular complexity index is 658. The minimum absolute atomic E-state index is 0. The number of piperidine rings is 1. The summed E-state index contributed by atoms with van der Waals surface area (Å²) in [5, 5.41) is 6.84. The molecule has 7 heteroatoms. The first-order valence-electron chi connectivity index (χ1n) is 10.7. The van der Waals surface area contributed by atoms with Crippen molar-refractivity contribution in [3.05, 3.63) is 29.8 Å². The van der Waals surface area contributed by atoms with Crippen LogP contribution in [0.3, 0.4) is 0 Å². The molecule has 2 fully saturated rings. The summed E-state index contributed by atoms with van der Waals surface area (Å²) < 4.78 is 0. The molecule has 0 aromatic heterocycles. The van der Waals surface area contributed by atoms with Gasteiger partial charge in [0.2, 0.25) is 5.91 Å². The van der Waals surface area contributed by atoms with Crippen LogP contribution in [0.2, 0.25) is 0 Å². The van der Waals surface area contributed by atoms with E-state index >= 15 is 0 Å². The quantitative estimate of drug-likeness (QED) is 0.334. The van der Waals surface area contributed by atoms with Crippen molar-refractivity contribution < 1.29 is 4.79 Å². The number of rotatable bonds is 7. The molecule has 0 spiro atoms. The summed E-state index contributed by atoms with van der Waals surface area (Å²) >= 11 is 0. The fourth-order valence-electron chi connectivity index (χ4n) is 4.04. The largest absolute Gasteiger partial charge is 0.356 e. The van der Waals surface area contributed by atoms with Gasteiger partial charge in [-0.25, -0.2) is 0 Å². The van der Waals surface area contributed by atoms with Crippen LogP contribution in [0.15, 0.2) is 29.3 Å². The Kier molecular flexibility index (Phi) is 10.2. The summed E-state index contributed by atoms with van der Waals surface area (Å²) in [7, 11) is 1.81. The van der Waals surface area contributed by atoms with Crippen LogP contribution in [0, 0.1) is 5.92 Å². The van der Waals surface area contributed by atoms with Gasteiger partial charge in [-0.05, 0) is 56.0 Å². The zero-order chi connectivity index (χ0) is 19.8. The highest BCUT2D eigenvalue weighted by molar-refractivity contribution is 14.0. The molecular formula is C22H36IN5O. The highest BCUT2D eigenvalue weighted by Gasteiger charge is 2.21. The molecule has 6 nitrogen and oxygen atoms in total. The lowest BCUT2D eigenvalue weighted by Crippen LogP contribution is -2.42. The van der Waals surface area contributed by atoms with Crippen LogP contribution in [-0.4, -0.2) is 56.5 Å². The first-order valence-corrected chi connectivity index (χ1v) is 10.7. The number of carbonyl (C=O) groups excluding carboxylic acids is 1. The maximum Gasteiger partial charge on any atom is 0.227 e. The van der Waals surface area contributed by atoms with Gasteiger partial charge in [0.25, 0.3) is 0 Å². The molecule has 1 atom stereocenters. The Hall–Kier alpha value is -1.35. The summed E-state index contributed by atoms with van der Waals surface area (Å²) in [4.78, 5) is 20.7. The maximum absolute atomic E-state index is 11.9. The van der Waals surface area contributed by atoms with Gasteiger partial charge in [-0.1, -0.05) is 25.5 Å². The SMILES string of the molecule is CN=C(NCc1ccc(N2CCCC2=O)cc1)NCC(C)CN1CCCCC1.I. The molecule has 29 heavy (non-hydrogen) atoms. The van der Waals surface area contributed by atoms with Crippen molar-refractivity contribution in [3.63, 3.8) is 0 Å². The number of anilines is 1. The third-order valence-corrected chi connectivity index (χ3v) is 5.64. The van der Waals surface area contributed by atoms with Gasteiger partial charge in [-0.15, -0.1) is 24.0 Å². The molecule has 0 bridgehead atoms. The molecule has 162 valence electrons. The Morgan fingerprint density at radius 2 is 1.79 bits per heavy atom. The Morgan fingerprint density at radius 3 is 2.41 bits per heavy atom. The summed E-state index contributed by atoms with van der Waals surface area (Å²) in [5.41, 5.74) is 2.18. The van der Waals surface area contributed by atoms with E-state index in [1.807, 2.05) is 24.1 Å². The van der Waals surface area contributed by atoms with Crippen molar-refractivity contribution in [1.29, 1.82) is 0 Å². The number of nitrogens with zero attached hydrogens (tertiary/aromatic N) is 3. The Balaban J connectivity index is 0.00000300. The number of hydrogen-bond acceptors (Lipinski definition) is 3. The standard InChI is InChI=1S/C22H35N5O.HI/c1-18(17-26-12-4-3-5-13-26)15-24-22(23-2)25-16-19-8-10-20(11-9-19)27-14-6-7-21(27)28;/h8-11,18H,3-7,12-17H2,1-2H3,(H2,23,24,25);1H. The number of nitrogens with one attached hydrogen (secondary N) is 2. The van der Waals surface area contributed by atoms with E-state index in [2.05, 4.69) is 39.6 Å². The van der Waals surface area contributed by atoms with E-state index in [0.29, 0.717) is 18.9 Å². The van der Waals surface area contributed by atoms with Gasteiger partial charge in [0, 0.05) is 45.3 Å². The molecule has 2 N–H and O–H groups in total. The van der Waals surface area contributed by atoms with Gasteiger partial charge in [0.1, 0.15) is 0 Å². The smallest absolute Gasteiger partial charge is 0.227 e. The van der Waals surface area contributed by atoms with Crippen molar-refractivity contribution in [1.82, 2.24) is 15.5 Å². The lowest BCUT2D eigenvalue weighted by molar-refractivity contribution is -0.117. The number of carbonyl (C=O) groups is 1. The molecule has 2 aliphatic heterocycles. The average Bonchev–Trinajstić information content (AvgIpc) is 3.15. The zero-order valence-electron chi connectivity index (χ0n) is 17.8. The zero-order valence-corrected chi connectivity index (χ0v) is 20.2. The van der Waals surface area contributed by atoms with E-state index < -0.39 is 0 Å². The topological polar surface area (TPSA) is 60.0 Å². The van der Waals surface area contributed by atoms with Crippen molar-refractivity contribution in [2.75, 3.05) is 44.7 Å². The second kappa shape index (κ2) is 12.4. The molecule has 3 rings (SSSR count). The minimum Gasteiger partial charge on any atom is -0.356 e. The van der Waals surface area contributed by atoms with Crippen molar-refractivity contribution >= 4 is 41.5 Å². The molecule has 1 amide bonds. The van der Waals surface area contributed by atoms with E-state index in [-0.39, 0.29) is 29.9 Å². The van der Waals surface area contributed by atoms with Crippen LogP contribution < -0.4 is 15.5 Å². The van der Waals surface area contributed by atoms with Crippen molar-refractivity contribution in [2.24, 2.45) is 10.9 Å². The predicted molar refractivity (Wildman–Crippen MR) is 131 cm³/mol. The maximum atomic E-state index is 11.9. The van der Waals surface area contributed by atoms with E-state index in [9.17, 15) is 4.79 Å². The Morgan fingerprint density at radius 1 is 1.07 bits per heavy atom. The lowest BCUT2D eigenvalue weighted by Gasteiger charge is -2.29. The number of amides is 1. The third kappa shape index (κ3) is 7.44. The number of aliphatic imine (C=N–C) groups is 1. The van der Waals surface area contributed by atoms with Gasteiger partial charge < -0.3 is 20.4 Å². The molecule has 0 aliphatic carbocycles. The van der Waals surface area contributed by atoms with Gasteiger partial charge in [-0.2, -0.15) is 0 Å². The molecule has 2 heterocycles. The van der Waals surface area contributed by atoms with Gasteiger partial charge >= 0.3 is 0 Å². The van der Waals surface area contributed by atoms with Gasteiger partial charge in [0.15, 0.2) is 5.96 Å². The van der Waals surface area contributed by atoms with Crippen LogP contribution >= 0.6 is 24.0 Å². The first kappa shape index (κ1) is 23.9. The highest BCUT2D eigenvalue weighted by Crippen LogP contribution is 2.21. The van der Waals surface area contributed by atoms with Crippen LogP contribution in [0.4, 0.5) is 5.69 Å². The third-order valence-electron chi connectivity index (χ3n) is 5.64. The molecule has 1 aromatic carbocycles. The van der Waals surface area contributed by atoms with Crippen LogP contribution in [0.5, 0.6) is 0 Å². The van der Waals surface area contributed by atoms with Gasteiger partial charge in [0.05, 0.1) is 0 Å². The van der Waals surface area contributed by atoms with Crippen molar-refractivity contribution in [2.45, 2.75) is 45.6 Å². The number of halogens is 1. The number of benzene rings is 1. The monoisotopic (exact) mass is 513 g/mol. The fourth-order valence-corrected chi connectivity index (χ4v) is 4.04. The summed E-state index contributed by atoms with van der Waals surface area (Å²) in [5.74, 6) is 1.66. The first-order chi connectivity index (χ1) is 13.7. The molecule has 2 saturated heterocycles. The van der Waals surface area contributed by atoms with Crippen LogP contribution in [0.1, 0.15) is 44.6 Å². The minimum atomic E-state index is 0. The predicted octanol–water partition coefficient (Wildman–Crippen LogP) is 3.22. The second-order valence-corrected chi connectivity index (χ2v) is 8.09. The number of guanidine groups is 1. The average molecular weight is 513 g/mol. The fraction of sp³-hybridized carbons (Fsp3) is 0.636. The van der Waals surface area contributed by atoms with E-state index in [1.54, 1.807) is 0 Å². The van der Waals surface area contributed by atoms with Crippen LogP contribution in [0.25, 0.3) is 0 Å². The van der Waals surface area contributed by atoms with Crippen LogP contribution in [-0.2, 0) is 11.3 Å². The summed E-state index contributed by atoms with van der Waals surface area (Å²) in [6.45, 7) is 8.42. The van der Waals surface area contributed by atoms with Crippen molar-refractivity contribution in [3.8, 4) is 0 Å². The summed E-state index contributed by atoms with van der Waals surface area (Å²) in [6, 6.07) is 8.24. The van der Waals surface area contributed by atoms with Gasteiger partial charge in [-0.3, -0.25) is 9.79 Å². The normalized spacial score (nSPS) is 19.0. The molecule has 1 unspecified atom stereocenters. The highest BCUT2D eigenvalue weighted by atomic mass is 127. The van der Waals surface area contributed by atoms with E-state index in [1.165, 1.54) is 37.9 Å². The van der Waals surface area contributed by atoms with E-state index in [4.69, 9.17) is 0 Å². The Labute approximate surface area is 192 Å². The lowest BCUT2D eigenvalue weighted by atomic mass is 10.1. The molecular weight excluding hydrogens is 477 g/mol. The second-order valence-electron chi connectivity index (χ2n) is 8.09. The summed E-state index contributed by atoms with van der Waals surface area (Å²) in [6.07, 6.45) is 5.69. The molecule has 0 saturated carbocycles. The molecule has 1 aromatic rings. The van der Waals surface area contributed by atoms with E-state index in [0.717, 1.165) is 37.7 Å². The number of hydrogen-bond donors (Lipinski definition) is 2. The molecule has 0 radical (unpaired) electrons.